The van der Waals surface area contributed by atoms with Gasteiger partial charge in [-0.05, 0) is 30.6 Å². The average Bonchev–Trinajstić information content (AvgIpc) is 2.92. The third-order valence-electron chi connectivity index (χ3n) is 4.75. The normalized spacial score (nSPS) is 24.7. The lowest BCUT2D eigenvalue weighted by Crippen LogP contribution is -2.37. The van der Waals surface area contributed by atoms with Crippen LogP contribution in [0.5, 0.6) is 0 Å². The Balaban J connectivity index is 1.93. The molecule has 1 amide bonds. The first kappa shape index (κ1) is 17.8. The predicted molar refractivity (Wildman–Crippen MR) is 91.1 cm³/mol. The predicted octanol–water partition coefficient (Wildman–Crippen LogP) is 1.86. The first-order valence-electron chi connectivity index (χ1n) is 8.66. The number of anilines is 1. The first-order chi connectivity index (χ1) is 11.0. The zero-order chi connectivity index (χ0) is 16.8. The van der Waals surface area contributed by atoms with Gasteiger partial charge in [-0.3, -0.25) is 9.48 Å². The van der Waals surface area contributed by atoms with Crippen LogP contribution in [-0.2, 0) is 11.3 Å². The maximum atomic E-state index is 11.7. The SMILES string of the molecule is CC1CCC(C(C)C)C(Nc2cnn(CC(=O)NCCO)c2)C1. The molecule has 3 atom stereocenters. The highest BCUT2D eigenvalue weighted by Crippen LogP contribution is 2.35. The molecule has 3 N–H and O–H groups in total. The quantitative estimate of drug-likeness (QED) is 0.716. The van der Waals surface area contributed by atoms with Gasteiger partial charge in [0.1, 0.15) is 6.54 Å². The molecule has 1 aliphatic carbocycles. The molecule has 1 aliphatic rings. The Morgan fingerprint density at radius 1 is 1.48 bits per heavy atom. The summed E-state index contributed by atoms with van der Waals surface area (Å²) in [6.45, 7) is 7.32. The molecule has 2 rings (SSSR count). The smallest absolute Gasteiger partial charge is 0.241 e. The molecule has 130 valence electrons. The number of nitrogens with zero attached hydrogens (tertiary/aromatic N) is 2. The number of carbonyl (C=O) groups is 1. The number of hydrogen-bond acceptors (Lipinski definition) is 4. The molecule has 6 heteroatoms. The maximum Gasteiger partial charge on any atom is 0.241 e. The van der Waals surface area contributed by atoms with E-state index in [1.807, 2.05) is 6.20 Å². The number of aromatic nitrogens is 2. The summed E-state index contributed by atoms with van der Waals surface area (Å²) in [4.78, 5) is 11.7. The van der Waals surface area contributed by atoms with Gasteiger partial charge in [0.05, 0.1) is 18.5 Å². The zero-order valence-corrected chi connectivity index (χ0v) is 14.5. The molecule has 0 aliphatic heterocycles. The molecule has 6 nitrogen and oxygen atoms in total. The number of aliphatic hydroxyl groups is 1. The summed E-state index contributed by atoms with van der Waals surface area (Å²) in [7, 11) is 0. The number of aliphatic hydroxyl groups excluding tert-OH is 1. The van der Waals surface area contributed by atoms with Gasteiger partial charge in [-0.2, -0.15) is 5.10 Å². The van der Waals surface area contributed by atoms with Gasteiger partial charge in [-0.15, -0.1) is 0 Å². The third-order valence-corrected chi connectivity index (χ3v) is 4.75. The van der Waals surface area contributed by atoms with E-state index in [1.165, 1.54) is 19.3 Å². The van der Waals surface area contributed by atoms with Gasteiger partial charge >= 0.3 is 0 Å². The van der Waals surface area contributed by atoms with Crippen LogP contribution in [0.3, 0.4) is 0 Å². The second-order valence-corrected chi connectivity index (χ2v) is 7.08. The molecule has 0 spiro atoms. The summed E-state index contributed by atoms with van der Waals surface area (Å²) in [5, 5.41) is 19.2. The van der Waals surface area contributed by atoms with Crippen LogP contribution in [0.25, 0.3) is 0 Å². The minimum absolute atomic E-state index is 0.0475. The van der Waals surface area contributed by atoms with Gasteiger partial charge < -0.3 is 15.7 Å². The van der Waals surface area contributed by atoms with Crippen molar-refractivity contribution in [3.8, 4) is 0 Å². The van der Waals surface area contributed by atoms with Crippen LogP contribution in [0.4, 0.5) is 5.69 Å². The molecule has 0 radical (unpaired) electrons. The van der Waals surface area contributed by atoms with Crippen LogP contribution in [-0.4, -0.2) is 40.0 Å². The van der Waals surface area contributed by atoms with Crippen molar-refractivity contribution in [1.82, 2.24) is 15.1 Å². The topological polar surface area (TPSA) is 79.2 Å². The zero-order valence-electron chi connectivity index (χ0n) is 14.5. The Morgan fingerprint density at radius 2 is 2.26 bits per heavy atom. The fourth-order valence-corrected chi connectivity index (χ4v) is 3.51. The van der Waals surface area contributed by atoms with Crippen molar-refractivity contribution in [2.45, 2.75) is 52.6 Å². The molecule has 1 aromatic heterocycles. The fraction of sp³-hybridized carbons (Fsp3) is 0.765. The van der Waals surface area contributed by atoms with Gasteiger partial charge in [-0.25, -0.2) is 0 Å². The highest BCUT2D eigenvalue weighted by atomic mass is 16.3. The summed E-state index contributed by atoms with van der Waals surface area (Å²) < 4.78 is 1.63. The molecular weight excluding hydrogens is 292 g/mol. The first-order valence-corrected chi connectivity index (χ1v) is 8.66. The van der Waals surface area contributed by atoms with E-state index in [-0.39, 0.29) is 25.6 Å². The van der Waals surface area contributed by atoms with Crippen molar-refractivity contribution in [3.63, 3.8) is 0 Å². The van der Waals surface area contributed by atoms with Crippen LogP contribution in [0.15, 0.2) is 12.4 Å². The van der Waals surface area contributed by atoms with Crippen molar-refractivity contribution in [3.05, 3.63) is 12.4 Å². The van der Waals surface area contributed by atoms with Crippen molar-refractivity contribution >= 4 is 11.6 Å². The van der Waals surface area contributed by atoms with E-state index in [0.29, 0.717) is 17.9 Å². The Labute approximate surface area is 138 Å². The number of hydrogen-bond donors (Lipinski definition) is 3. The van der Waals surface area contributed by atoms with Gasteiger partial charge in [0.15, 0.2) is 0 Å². The van der Waals surface area contributed by atoms with E-state index < -0.39 is 0 Å². The average molecular weight is 322 g/mol. The Hall–Kier alpha value is -1.56. The summed E-state index contributed by atoms with van der Waals surface area (Å²) in [5.41, 5.74) is 0.977. The van der Waals surface area contributed by atoms with Gasteiger partial charge in [0.2, 0.25) is 5.91 Å². The molecule has 0 saturated heterocycles. The van der Waals surface area contributed by atoms with E-state index in [1.54, 1.807) is 10.9 Å². The third kappa shape index (κ3) is 5.23. The van der Waals surface area contributed by atoms with E-state index in [9.17, 15) is 4.79 Å². The van der Waals surface area contributed by atoms with E-state index in [2.05, 4.69) is 36.5 Å². The molecule has 0 bridgehead atoms. The highest BCUT2D eigenvalue weighted by Gasteiger charge is 2.30. The van der Waals surface area contributed by atoms with Crippen LogP contribution >= 0.6 is 0 Å². The highest BCUT2D eigenvalue weighted by molar-refractivity contribution is 5.75. The summed E-state index contributed by atoms with van der Waals surface area (Å²) >= 11 is 0. The Kier molecular flexibility index (Phi) is 6.45. The monoisotopic (exact) mass is 322 g/mol. The lowest BCUT2D eigenvalue weighted by Gasteiger charge is -2.38. The second kappa shape index (κ2) is 8.34. The molecule has 3 unspecified atom stereocenters. The van der Waals surface area contributed by atoms with Crippen LogP contribution < -0.4 is 10.6 Å². The molecule has 23 heavy (non-hydrogen) atoms. The van der Waals surface area contributed by atoms with Crippen molar-refractivity contribution in [1.29, 1.82) is 0 Å². The minimum atomic E-state index is -0.139. The summed E-state index contributed by atoms with van der Waals surface area (Å²) in [6, 6.07) is 0.472. The molecule has 1 fully saturated rings. The van der Waals surface area contributed by atoms with E-state index in [0.717, 1.165) is 11.6 Å². The molecule has 0 aromatic carbocycles. The molecule has 1 aromatic rings. The van der Waals surface area contributed by atoms with Crippen molar-refractivity contribution in [2.75, 3.05) is 18.5 Å². The summed E-state index contributed by atoms with van der Waals surface area (Å²) in [6.07, 6.45) is 7.44. The minimum Gasteiger partial charge on any atom is -0.395 e. The lowest BCUT2D eigenvalue weighted by molar-refractivity contribution is -0.122. The molecule has 1 saturated carbocycles. The molecular formula is C17H30N4O2. The van der Waals surface area contributed by atoms with Crippen molar-refractivity contribution in [2.24, 2.45) is 17.8 Å². The van der Waals surface area contributed by atoms with Crippen LogP contribution in [0.1, 0.15) is 40.0 Å². The number of carbonyl (C=O) groups excluding carboxylic acids is 1. The lowest BCUT2D eigenvalue weighted by atomic mass is 9.74. The second-order valence-electron chi connectivity index (χ2n) is 7.08. The standard InChI is InChI=1S/C17H30N4O2/c1-12(2)15-5-4-13(3)8-16(15)20-14-9-19-21(10-14)11-17(23)18-6-7-22/h9-10,12-13,15-16,20,22H,4-8,11H2,1-3H3,(H,18,23). The van der Waals surface area contributed by atoms with Gasteiger partial charge in [0, 0.05) is 18.8 Å². The largest absolute Gasteiger partial charge is 0.395 e. The maximum absolute atomic E-state index is 11.7. The van der Waals surface area contributed by atoms with E-state index in [4.69, 9.17) is 5.11 Å². The van der Waals surface area contributed by atoms with Crippen molar-refractivity contribution < 1.29 is 9.90 Å². The van der Waals surface area contributed by atoms with Gasteiger partial charge in [0.25, 0.3) is 0 Å². The number of amides is 1. The van der Waals surface area contributed by atoms with Crippen LogP contribution in [0, 0.1) is 17.8 Å². The van der Waals surface area contributed by atoms with Crippen LogP contribution in [0.2, 0.25) is 0 Å². The molecule has 1 heterocycles. The number of nitrogens with one attached hydrogen (secondary N) is 2. The Bertz CT molecular complexity index is 501. The van der Waals surface area contributed by atoms with Gasteiger partial charge in [-0.1, -0.05) is 27.2 Å². The summed E-state index contributed by atoms with van der Waals surface area (Å²) in [5.74, 6) is 1.96. The Morgan fingerprint density at radius 3 is 2.96 bits per heavy atom. The van der Waals surface area contributed by atoms with E-state index >= 15 is 0 Å². The number of rotatable bonds is 7. The fourth-order valence-electron chi connectivity index (χ4n) is 3.51.